The number of halogens is 6. The predicted molar refractivity (Wildman–Crippen MR) is 148 cm³/mol. The van der Waals surface area contributed by atoms with Crippen LogP contribution in [0.25, 0.3) is 16.7 Å². The standard InChI is InChI=1S/C32H31F6N3O/c1-20-5-3-4-6-26(20)27-16-29(23-9-11-41(12-10-23)19-21-7-8-21)39-17-28(27)30(42)40(2)18-22-13-24(31(33,34)35)15-25(14-22)32(36,37)38/h3-6,9,13-17,21H,7-8,10-12,18-19H2,1-2H3. The van der Waals surface area contributed by atoms with E-state index in [1.165, 1.54) is 26.1 Å². The van der Waals surface area contributed by atoms with Gasteiger partial charge in [0.25, 0.3) is 5.91 Å². The van der Waals surface area contributed by atoms with Crippen LogP contribution in [-0.4, -0.2) is 47.4 Å². The molecule has 0 saturated heterocycles. The number of amides is 1. The Bertz CT molecular complexity index is 1470. The number of hydrogen-bond donors (Lipinski definition) is 0. The topological polar surface area (TPSA) is 36.4 Å². The Kier molecular flexibility index (Phi) is 8.20. The molecule has 222 valence electrons. The van der Waals surface area contributed by atoms with E-state index in [1.54, 1.807) is 0 Å². The molecular formula is C32H31F6N3O. The van der Waals surface area contributed by atoms with E-state index in [4.69, 9.17) is 0 Å². The molecule has 0 unspecified atom stereocenters. The normalized spacial score (nSPS) is 16.3. The fourth-order valence-electron chi connectivity index (χ4n) is 5.34. The number of nitrogens with zero attached hydrogens (tertiary/aromatic N) is 3. The lowest BCUT2D eigenvalue weighted by atomic mass is 9.93. The highest BCUT2D eigenvalue weighted by atomic mass is 19.4. The SMILES string of the molecule is Cc1ccccc1-c1cc(C2=CCN(CC3CC3)CC2)ncc1C(=O)N(C)Cc1cc(C(F)(F)F)cc(C(F)(F)F)c1. The molecule has 2 heterocycles. The van der Waals surface area contributed by atoms with Gasteiger partial charge in [0.1, 0.15) is 0 Å². The molecule has 1 saturated carbocycles. The van der Waals surface area contributed by atoms with Gasteiger partial charge in [0.05, 0.1) is 22.4 Å². The molecule has 1 fully saturated rings. The first-order chi connectivity index (χ1) is 19.8. The first kappa shape index (κ1) is 29.8. The van der Waals surface area contributed by atoms with Crippen molar-refractivity contribution >= 4 is 11.5 Å². The van der Waals surface area contributed by atoms with E-state index in [1.807, 2.05) is 37.3 Å². The fraction of sp³-hybridized carbons (Fsp3) is 0.375. The third-order valence-corrected chi connectivity index (χ3v) is 7.82. The maximum Gasteiger partial charge on any atom is 0.416 e. The molecule has 0 N–H and O–H groups in total. The van der Waals surface area contributed by atoms with Gasteiger partial charge in [-0.15, -0.1) is 0 Å². The van der Waals surface area contributed by atoms with Gasteiger partial charge in [0, 0.05) is 39.4 Å². The fourth-order valence-corrected chi connectivity index (χ4v) is 5.34. The quantitative estimate of drug-likeness (QED) is 0.264. The molecule has 3 aromatic rings. The maximum absolute atomic E-state index is 13.7. The maximum atomic E-state index is 13.7. The van der Waals surface area contributed by atoms with Crippen molar-refractivity contribution < 1.29 is 31.1 Å². The molecule has 42 heavy (non-hydrogen) atoms. The van der Waals surface area contributed by atoms with Crippen molar-refractivity contribution in [1.29, 1.82) is 0 Å². The number of alkyl halides is 6. The molecular weight excluding hydrogens is 556 g/mol. The number of rotatable bonds is 7. The summed E-state index contributed by atoms with van der Waals surface area (Å²) in [5, 5.41) is 0. The van der Waals surface area contributed by atoms with E-state index in [9.17, 15) is 31.1 Å². The summed E-state index contributed by atoms with van der Waals surface area (Å²) in [6.07, 6.45) is -2.93. The molecule has 0 bridgehead atoms. The average molecular weight is 588 g/mol. The van der Waals surface area contributed by atoms with Crippen LogP contribution in [0.2, 0.25) is 0 Å². The van der Waals surface area contributed by atoms with Crippen molar-refractivity contribution in [2.45, 2.75) is 45.1 Å². The van der Waals surface area contributed by atoms with Gasteiger partial charge < -0.3 is 4.90 Å². The minimum Gasteiger partial charge on any atom is -0.337 e. The highest BCUT2D eigenvalue weighted by Gasteiger charge is 2.37. The van der Waals surface area contributed by atoms with Crippen molar-refractivity contribution in [3.05, 3.63) is 94.3 Å². The number of pyridine rings is 1. The largest absolute Gasteiger partial charge is 0.416 e. The lowest BCUT2D eigenvalue weighted by molar-refractivity contribution is -0.143. The smallest absolute Gasteiger partial charge is 0.337 e. The van der Waals surface area contributed by atoms with Crippen LogP contribution in [-0.2, 0) is 18.9 Å². The van der Waals surface area contributed by atoms with Crippen molar-refractivity contribution in [3.63, 3.8) is 0 Å². The third kappa shape index (κ3) is 6.86. The number of carbonyl (C=O) groups is 1. The highest BCUT2D eigenvalue weighted by Crippen LogP contribution is 2.37. The Labute approximate surface area is 240 Å². The van der Waals surface area contributed by atoms with Gasteiger partial charge in [0.15, 0.2) is 0 Å². The Morgan fingerprint density at radius 1 is 0.976 bits per heavy atom. The Hall–Kier alpha value is -3.66. The second-order valence-corrected chi connectivity index (χ2v) is 11.2. The van der Waals surface area contributed by atoms with Crippen molar-refractivity contribution in [3.8, 4) is 11.1 Å². The summed E-state index contributed by atoms with van der Waals surface area (Å²) < 4.78 is 80.3. The second-order valence-electron chi connectivity index (χ2n) is 11.2. The Balaban J connectivity index is 1.46. The number of carbonyl (C=O) groups excluding carboxylic acids is 1. The zero-order valence-electron chi connectivity index (χ0n) is 23.3. The van der Waals surface area contributed by atoms with E-state index in [0.29, 0.717) is 17.7 Å². The zero-order valence-corrected chi connectivity index (χ0v) is 23.3. The van der Waals surface area contributed by atoms with Crippen LogP contribution in [0.3, 0.4) is 0 Å². The summed E-state index contributed by atoms with van der Waals surface area (Å²) in [5.74, 6) is 0.232. The van der Waals surface area contributed by atoms with Crippen molar-refractivity contribution in [1.82, 2.24) is 14.8 Å². The molecule has 1 aliphatic heterocycles. The van der Waals surface area contributed by atoms with Crippen LogP contribution in [0.1, 0.15) is 57.6 Å². The minimum absolute atomic E-state index is 0.0787. The van der Waals surface area contributed by atoms with Gasteiger partial charge in [-0.25, -0.2) is 0 Å². The van der Waals surface area contributed by atoms with Crippen molar-refractivity contribution in [2.75, 3.05) is 26.7 Å². The van der Waals surface area contributed by atoms with Crippen LogP contribution >= 0.6 is 0 Å². The average Bonchev–Trinajstić information content (AvgIpc) is 3.76. The number of benzene rings is 2. The van der Waals surface area contributed by atoms with Crippen LogP contribution in [0.15, 0.2) is 60.8 Å². The molecule has 0 atom stereocenters. The molecule has 0 radical (unpaired) electrons. The molecule has 1 amide bonds. The van der Waals surface area contributed by atoms with Crippen molar-refractivity contribution in [2.24, 2.45) is 5.92 Å². The lowest BCUT2D eigenvalue weighted by Gasteiger charge is -2.26. The van der Waals surface area contributed by atoms with Gasteiger partial charge in [-0.3, -0.25) is 14.7 Å². The molecule has 2 aromatic carbocycles. The number of hydrogen-bond acceptors (Lipinski definition) is 3. The van der Waals surface area contributed by atoms with Gasteiger partial charge in [-0.1, -0.05) is 30.3 Å². The van der Waals surface area contributed by atoms with Gasteiger partial charge in [-0.05, 0) is 84.2 Å². The van der Waals surface area contributed by atoms with E-state index in [2.05, 4.69) is 16.0 Å². The van der Waals surface area contributed by atoms with E-state index < -0.39 is 35.9 Å². The summed E-state index contributed by atoms with van der Waals surface area (Å²) in [5.41, 5.74) is 1.22. The Morgan fingerprint density at radius 3 is 2.21 bits per heavy atom. The predicted octanol–water partition coefficient (Wildman–Crippen LogP) is 7.87. The second kappa shape index (κ2) is 11.6. The van der Waals surface area contributed by atoms with Crippen LogP contribution in [0.4, 0.5) is 26.3 Å². The summed E-state index contributed by atoms with van der Waals surface area (Å²) in [6.45, 7) is 4.30. The highest BCUT2D eigenvalue weighted by molar-refractivity contribution is 6.01. The molecule has 10 heteroatoms. The van der Waals surface area contributed by atoms with Crippen LogP contribution < -0.4 is 0 Å². The van der Waals surface area contributed by atoms with E-state index in [0.717, 1.165) is 59.3 Å². The molecule has 5 rings (SSSR count). The van der Waals surface area contributed by atoms with Gasteiger partial charge in [-0.2, -0.15) is 26.3 Å². The van der Waals surface area contributed by atoms with Crippen LogP contribution in [0, 0.1) is 12.8 Å². The molecule has 1 aromatic heterocycles. The number of aryl methyl sites for hydroxylation is 1. The minimum atomic E-state index is -4.97. The lowest BCUT2D eigenvalue weighted by Crippen LogP contribution is -2.30. The summed E-state index contributed by atoms with van der Waals surface area (Å²) in [4.78, 5) is 21.8. The zero-order chi connectivity index (χ0) is 30.2. The summed E-state index contributed by atoms with van der Waals surface area (Å²) in [6, 6.07) is 10.7. The first-order valence-corrected chi connectivity index (χ1v) is 13.8. The van der Waals surface area contributed by atoms with Crippen LogP contribution in [0.5, 0.6) is 0 Å². The van der Waals surface area contributed by atoms with E-state index >= 15 is 0 Å². The number of aromatic nitrogens is 1. The molecule has 4 nitrogen and oxygen atoms in total. The first-order valence-electron chi connectivity index (χ1n) is 13.8. The molecule has 2 aliphatic rings. The Morgan fingerprint density at radius 2 is 1.64 bits per heavy atom. The van der Waals surface area contributed by atoms with E-state index in [-0.39, 0.29) is 17.2 Å². The van der Waals surface area contributed by atoms with Gasteiger partial charge >= 0.3 is 12.4 Å². The monoisotopic (exact) mass is 587 g/mol. The summed E-state index contributed by atoms with van der Waals surface area (Å²) in [7, 11) is 1.35. The molecule has 1 aliphatic carbocycles. The third-order valence-electron chi connectivity index (χ3n) is 7.82. The molecule has 0 spiro atoms. The van der Waals surface area contributed by atoms with Gasteiger partial charge in [0.2, 0.25) is 0 Å². The summed E-state index contributed by atoms with van der Waals surface area (Å²) >= 11 is 0.